The summed E-state index contributed by atoms with van der Waals surface area (Å²) >= 11 is 0. The largest absolute Gasteiger partial charge is 0.394 e. The van der Waals surface area contributed by atoms with Gasteiger partial charge in [-0.25, -0.2) is 0 Å². The molecule has 1 amide bonds. The second kappa shape index (κ2) is 16.6. The van der Waals surface area contributed by atoms with E-state index in [1.54, 1.807) is 0 Å². The Labute approximate surface area is 156 Å². The third kappa shape index (κ3) is 17.8. The van der Waals surface area contributed by atoms with Crippen LogP contribution in [-0.4, -0.2) is 23.2 Å². The molecule has 0 radical (unpaired) electrons. The standard InChI is InChI=1S/C22H43NO2/c1-4-5-6-7-8-9-10-11-12-13-14-15-16-17-18-19-21(25)23-22(2,3)20-24/h11-12,24H,4-10,13-20H2,1-3H3,(H,23,25)/b12-11-. The fourth-order valence-corrected chi connectivity index (χ4v) is 2.84. The number of aliphatic hydroxyl groups excluding tert-OH is 1. The maximum absolute atomic E-state index is 11.7. The molecule has 0 aromatic carbocycles. The molecule has 0 bridgehead atoms. The molecule has 0 heterocycles. The van der Waals surface area contributed by atoms with Gasteiger partial charge in [0.15, 0.2) is 0 Å². The number of allylic oxidation sites excluding steroid dienone is 2. The van der Waals surface area contributed by atoms with Gasteiger partial charge in [-0.05, 0) is 46.0 Å². The van der Waals surface area contributed by atoms with Gasteiger partial charge < -0.3 is 10.4 Å². The summed E-state index contributed by atoms with van der Waals surface area (Å²) in [6, 6.07) is 0. The Kier molecular flexibility index (Phi) is 16.1. The topological polar surface area (TPSA) is 49.3 Å². The maximum atomic E-state index is 11.7. The summed E-state index contributed by atoms with van der Waals surface area (Å²) in [7, 11) is 0. The van der Waals surface area contributed by atoms with Gasteiger partial charge in [-0.2, -0.15) is 0 Å². The number of nitrogens with one attached hydrogen (secondary N) is 1. The van der Waals surface area contributed by atoms with E-state index in [1.165, 1.54) is 70.6 Å². The normalized spacial score (nSPS) is 12.0. The first-order valence-electron chi connectivity index (χ1n) is 10.6. The highest BCUT2D eigenvalue weighted by atomic mass is 16.3. The highest BCUT2D eigenvalue weighted by Gasteiger charge is 2.18. The lowest BCUT2D eigenvalue weighted by molar-refractivity contribution is -0.123. The molecule has 0 aliphatic carbocycles. The van der Waals surface area contributed by atoms with Gasteiger partial charge in [0, 0.05) is 6.42 Å². The van der Waals surface area contributed by atoms with Crippen LogP contribution in [0, 0.1) is 0 Å². The average molecular weight is 354 g/mol. The number of amides is 1. The molecule has 0 spiro atoms. The zero-order valence-electron chi connectivity index (χ0n) is 17.1. The fourth-order valence-electron chi connectivity index (χ4n) is 2.84. The van der Waals surface area contributed by atoms with Crippen molar-refractivity contribution in [3.8, 4) is 0 Å². The SMILES string of the molecule is CCCCCCCC/C=C\CCCCCCCC(=O)NC(C)(C)CO. The Hall–Kier alpha value is -0.830. The molecule has 0 aliphatic rings. The lowest BCUT2D eigenvalue weighted by Crippen LogP contribution is -2.46. The first kappa shape index (κ1) is 24.2. The van der Waals surface area contributed by atoms with Gasteiger partial charge in [0.1, 0.15) is 0 Å². The van der Waals surface area contributed by atoms with Gasteiger partial charge in [-0.1, -0.05) is 70.4 Å². The van der Waals surface area contributed by atoms with Gasteiger partial charge >= 0.3 is 0 Å². The van der Waals surface area contributed by atoms with E-state index in [9.17, 15) is 4.79 Å². The summed E-state index contributed by atoms with van der Waals surface area (Å²) in [6.07, 6.45) is 21.7. The summed E-state index contributed by atoms with van der Waals surface area (Å²) < 4.78 is 0. The number of carbonyl (C=O) groups excluding carboxylic acids is 1. The van der Waals surface area contributed by atoms with Crippen molar-refractivity contribution in [2.75, 3.05) is 6.61 Å². The van der Waals surface area contributed by atoms with E-state index in [0.717, 1.165) is 12.8 Å². The highest BCUT2D eigenvalue weighted by molar-refractivity contribution is 5.76. The smallest absolute Gasteiger partial charge is 0.220 e. The minimum Gasteiger partial charge on any atom is -0.394 e. The van der Waals surface area contributed by atoms with Crippen LogP contribution < -0.4 is 5.32 Å². The number of hydrogen-bond donors (Lipinski definition) is 2. The first-order chi connectivity index (χ1) is 12.0. The molecule has 0 aromatic heterocycles. The number of unbranched alkanes of at least 4 members (excludes halogenated alkanes) is 11. The molecule has 0 atom stereocenters. The molecule has 0 aromatic rings. The third-order valence-corrected chi connectivity index (χ3v) is 4.54. The number of hydrogen-bond acceptors (Lipinski definition) is 2. The van der Waals surface area contributed by atoms with Crippen LogP contribution in [0.5, 0.6) is 0 Å². The summed E-state index contributed by atoms with van der Waals surface area (Å²) in [4.78, 5) is 11.7. The number of rotatable bonds is 17. The predicted octanol–water partition coefficient (Wildman–Crippen LogP) is 5.91. The molecule has 3 nitrogen and oxygen atoms in total. The highest BCUT2D eigenvalue weighted by Crippen LogP contribution is 2.10. The first-order valence-corrected chi connectivity index (χ1v) is 10.6. The van der Waals surface area contributed by atoms with Crippen molar-refractivity contribution < 1.29 is 9.90 Å². The maximum Gasteiger partial charge on any atom is 0.220 e. The van der Waals surface area contributed by atoms with Crippen molar-refractivity contribution in [2.45, 2.75) is 116 Å². The quantitative estimate of drug-likeness (QED) is 0.252. The van der Waals surface area contributed by atoms with Crippen LogP contribution in [0.15, 0.2) is 12.2 Å². The molecule has 0 saturated heterocycles. The molecule has 0 unspecified atom stereocenters. The van der Waals surface area contributed by atoms with Crippen LogP contribution in [0.3, 0.4) is 0 Å². The Morgan fingerprint density at radius 2 is 1.32 bits per heavy atom. The van der Waals surface area contributed by atoms with Gasteiger partial charge in [-0.15, -0.1) is 0 Å². The summed E-state index contributed by atoms with van der Waals surface area (Å²) in [5.41, 5.74) is -0.501. The van der Waals surface area contributed by atoms with E-state index in [4.69, 9.17) is 5.11 Å². The second-order valence-electron chi connectivity index (χ2n) is 7.92. The summed E-state index contributed by atoms with van der Waals surface area (Å²) in [6.45, 7) is 5.92. The molecular formula is C22H43NO2. The Morgan fingerprint density at radius 3 is 1.84 bits per heavy atom. The van der Waals surface area contributed by atoms with E-state index in [0.29, 0.717) is 6.42 Å². The molecule has 0 saturated carbocycles. The average Bonchev–Trinajstić information content (AvgIpc) is 2.58. The number of carbonyl (C=O) groups is 1. The van der Waals surface area contributed by atoms with E-state index in [-0.39, 0.29) is 12.5 Å². The zero-order chi connectivity index (χ0) is 18.8. The number of aliphatic hydroxyl groups is 1. The Balaban J connectivity index is 3.30. The lowest BCUT2D eigenvalue weighted by atomic mass is 10.1. The zero-order valence-corrected chi connectivity index (χ0v) is 17.1. The van der Waals surface area contributed by atoms with Crippen molar-refractivity contribution >= 4 is 5.91 Å². The summed E-state index contributed by atoms with van der Waals surface area (Å²) in [5, 5.41) is 12.0. The van der Waals surface area contributed by atoms with Gasteiger partial charge in [0.25, 0.3) is 0 Å². The van der Waals surface area contributed by atoms with Gasteiger partial charge in [-0.3, -0.25) is 4.79 Å². The van der Waals surface area contributed by atoms with E-state index in [1.807, 2.05) is 13.8 Å². The van der Waals surface area contributed by atoms with Crippen molar-refractivity contribution in [1.29, 1.82) is 0 Å². The van der Waals surface area contributed by atoms with Gasteiger partial charge in [0.05, 0.1) is 12.1 Å². The van der Waals surface area contributed by atoms with Crippen LogP contribution in [-0.2, 0) is 4.79 Å². The van der Waals surface area contributed by atoms with Crippen LogP contribution >= 0.6 is 0 Å². The second-order valence-corrected chi connectivity index (χ2v) is 7.92. The van der Waals surface area contributed by atoms with Crippen LogP contribution in [0.2, 0.25) is 0 Å². The Morgan fingerprint density at radius 1 is 0.840 bits per heavy atom. The van der Waals surface area contributed by atoms with Crippen LogP contribution in [0.25, 0.3) is 0 Å². The molecule has 0 aliphatic heterocycles. The van der Waals surface area contributed by atoms with Crippen molar-refractivity contribution in [2.24, 2.45) is 0 Å². The van der Waals surface area contributed by atoms with Crippen molar-refractivity contribution in [3.63, 3.8) is 0 Å². The lowest BCUT2D eigenvalue weighted by Gasteiger charge is -2.23. The molecule has 2 N–H and O–H groups in total. The Bertz CT molecular complexity index is 337. The molecule has 0 rings (SSSR count). The minimum atomic E-state index is -0.501. The minimum absolute atomic E-state index is 0.0227. The molecule has 148 valence electrons. The predicted molar refractivity (Wildman–Crippen MR) is 109 cm³/mol. The van der Waals surface area contributed by atoms with Crippen LogP contribution in [0.4, 0.5) is 0 Å². The van der Waals surface area contributed by atoms with E-state index >= 15 is 0 Å². The molecule has 3 heteroatoms. The van der Waals surface area contributed by atoms with Crippen LogP contribution in [0.1, 0.15) is 111 Å². The molecule has 25 heavy (non-hydrogen) atoms. The van der Waals surface area contributed by atoms with E-state index in [2.05, 4.69) is 24.4 Å². The summed E-state index contributed by atoms with van der Waals surface area (Å²) in [5.74, 6) is 0.0525. The van der Waals surface area contributed by atoms with E-state index < -0.39 is 5.54 Å². The molecular weight excluding hydrogens is 310 g/mol. The fraction of sp³-hybridized carbons (Fsp3) is 0.864. The molecule has 0 fully saturated rings. The van der Waals surface area contributed by atoms with Gasteiger partial charge in [0.2, 0.25) is 5.91 Å². The third-order valence-electron chi connectivity index (χ3n) is 4.54. The van der Waals surface area contributed by atoms with Crippen molar-refractivity contribution in [3.05, 3.63) is 12.2 Å². The van der Waals surface area contributed by atoms with Crippen molar-refractivity contribution in [1.82, 2.24) is 5.32 Å². The monoisotopic (exact) mass is 353 g/mol.